The van der Waals surface area contributed by atoms with Crippen molar-refractivity contribution in [1.29, 1.82) is 0 Å². The molecule has 0 spiro atoms. The number of fused-ring (bicyclic) bond motifs is 1. The molecule has 0 aromatic carbocycles. The third-order valence-electron chi connectivity index (χ3n) is 10.5. The first-order chi connectivity index (χ1) is 23.9. The Bertz CT molecular complexity index is 940. The predicted molar refractivity (Wildman–Crippen MR) is 212 cm³/mol. The second kappa shape index (κ2) is 32.5. The van der Waals surface area contributed by atoms with E-state index < -0.39 is 0 Å². The van der Waals surface area contributed by atoms with Crippen molar-refractivity contribution in [2.75, 3.05) is 11.9 Å². The zero-order chi connectivity index (χ0) is 34.0. The third-order valence-corrected chi connectivity index (χ3v) is 10.5. The van der Waals surface area contributed by atoms with Crippen molar-refractivity contribution in [3.8, 4) is 0 Å². The lowest BCUT2D eigenvalue weighted by Crippen LogP contribution is -2.05. The summed E-state index contributed by atoms with van der Waals surface area (Å²) in [5.41, 5.74) is 1.91. The fraction of sp³-hybridized carbons (Fsp3) is 0.884. The van der Waals surface area contributed by atoms with Gasteiger partial charge in [0.2, 0.25) is 0 Å². The van der Waals surface area contributed by atoms with E-state index in [2.05, 4.69) is 38.7 Å². The number of nitrogens with zero attached hydrogens (tertiary/aromatic N) is 4. The number of imidazole rings is 1. The number of anilines is 1. The summed E-state index contributed by atoms with van der Waals surface area (Å²) >= 11 is 0. The number of unbranched alkanes of at least 4 members (excludes halogenated alkanes) is 32. The quantitative estimate of drug-likeness (QED) is 0.0729. The molecule has 2 rings (SSSR count). The van der Waals surface area contributed by atoms with Crippen LogP contribution in [0.5, 0.6) is 0 Å². The van der Waals surface area contributed by atoms with Gasteiger partial charge in [0.1, 0.15) is 11.8 Å². The van der Waals surface area contributed by atoms with Gasteiger partial charge in [0.05, 0.1) is 6.33 Å². The Morgan fingerprint density at radius 1 is 0.417 bits per heavy atom. The average molecular weight is 668 g/mol. The molecular formula is C43H81N5. The summed E-state index contributed by atoms with van der Waals surface area (Å²) in [6.07, 6.45) is 51.6. The second-order valence-corrected chi connectivity index (χ2v) is 15.1. The van der Waals surface area contributed by atoms with Gasteiger partial charge < -0.3 is 9.88 Å². The largest absolute Gasteiger partial charge is 0.368 e. The summed E-state index contributed by atoms with van der Waals surface area (Å²) in [5, 5.41) is 3.55. The molecule has 2 aromatic heterocycles. The topological polar surface area (TPSA) is 55.6 Å². The number of aryl methyl sites for hydroxylation is 1. The lowest BCUT2D eigenvalue weighted by molar-refractivity contribution is 0.519. The van der Waals surface area contributed by atoms with Gasteiger partial charge in [0.25, 0.3) is 0 Å². The molecule has 5 nitrogen and oxygen atoms in total. The molecule has 0 radical (unpaired) electrons. The van der Waals surface area contributed by atoms with E-state index in [1.54, 1.807) is 6.33 Å². The van der Waals surface area contributed by atoms with Gasteiger partial charge in [-0.3, -0.25) is 0 Å². The Hall–Kier alpha value is -1.65. The van der Waals surface area contributed by atoms with Crippen LogP contribution in [0.1, 0.15) is 232 Å². The molecule has 2 aromatic rings. The highest BCUT2D eigenvalue weighted by Crippen LogP contribution is 2.20. The van der Waals surface area contributed by atoms with E-state index in [0.717, 1.165) is 30.1 Å². The minimum absolute atomic E-state index is 0.900. The third kappa shape index (κ3) is 22.9. The smallest absolute Gasteiger partial charge is 0.165 e. The van der Waals surface area contributed by atoms with E-state index in [0.29, 0.717) is 0 Å². The van der Waals surface area contributed by atoms with Gasteiger partial charge in [-0.1, -0.05) is 219 Å². The number of hydrogen-bond acceptors (Lipinski definition) is 4. The van der Waals surface area contributed by atoms with E-state index in [1.165, 1.54) is 218 Å². The van der Waals surface area contributed by atoms with E-state index >= 15 is 0 Å². The van der Waals surface area contributed by atoms with Crippen LogP contribution in [0.3, 0.4) is 0 Å². The average Bonchev–Trinajstić information content (AvgIpc) is 3.52. The Morgan fingerprint density at radius 3 is 1.17 bits per heavy atom. The first-order valence-electron chi connectivity index (χ1n) is 21.8. The molecule has 0 atom stereocenters. The Labute approximate surface area is 299 Å². The van der Waals surface area contributed by atoms with Gasteiger partial charge in [-0.15, -0.1) is 0 Å². The van der Waals surface area contributed by atoms with Crippen LogP contribution in [0, 0.1) is 0 Å². The van der Waals surface area contributed by atoms with Crippen LogP contribution in [0.25, 0.3) is 11.2 Å². The zero-order valence-electron chi connectivity index (χ0n) is 32.4. The monoisotopic (exact) mass is 668 g/mol. The summed E-state index contributed by atoms with van der Waals surface area (Å²) in [6, 6.07) is 0. The van der Waals surface area contributed by atoms with Crippen LogP contribution in [0.2, 0.25) is 0 Å². The van der Waals surface area contributed by atoms with Gasteiger partial charge in [-0.2, -0.15) is 0 Å². The minimum Gasteiger partial charge on any atom is -0.368 e. The molecule has 0 amide bonds. The molecule has 5 heteroatoms. The Balaban J connectivity index is 1.38. The number of nitrogens with one attached hydrogen (secondary N) is 1. The lowest BCUT2D eigenvalue weighted by Gasteiger charge is -2.07. The van der Waals surface area contributed by atoms with Gasteiger partial charge in [-0.05, 0) is 12.8 Å². The molecule has 0 aliphatic rings. The summed E-state index contributed by atoms with van der Waals surface area (Å²) in [5.74, 6) is 0.900. The number of rotatable bonds is 37. The van der Waals surface area contributed by atoms with Gasteiger partial charge in [0.15, 0.2) is 11.5 Å². The SMILES string of the molecule is CCCCCCCCCCCCCCCCCCCCn1cnc2c(NCCCCCCCCCCCCCCCCCC)ncnc21. The minimum atomic E-state index is 0.900. The number of hydrogen-bond donors (Lipinski definition) is 1. The zero-order valence-corrected chi connectivity index (χ0v) is 32.4. The van der Waals surface area contributed by atoms with E-state index in [-0.39, 0.29) is 0 Å². The highest BCUT2D eigenvalue weighted by Gasteiger charge is 2.09. The van der Waals surface area contributed by atoms with Crippen molar-refractivity contribution >= 4 is 17.0 Å². The van der Waals surface area contributed by atoms with Crippen molar-refractivity contribution in [2.45, 2.75) is 239 Å². The van der Waals surface area contributed by atoms with Gasteiger partial charge in [-0.25, -0.2) is 15.0 Å². The summed E-state index contributed by atoms with van der Waals surface area (Å²) < 4.78 is 2.23. The molecule has 0 saturated heterocycles. The number of aromatic nitrogens is 4. The molecule has 278 valence electrons. The van der Waals surface area contributed by atoms with Gasteiger partial charge >= 0.3 is 0 Å². The summed E-state index contributed by atoms with van der Waals surface area (Å²) in [7, 11) is 0. The molecule has 2 heterocycles. The molecule has 0 bridgehead atoms. The standard InChI is InChI=1S/C43H81N5/c1-3-5-7-9-11-13-15-17-19-21-22-24-26-28-30-32-34-36-38-48-40-47-41-42(45-39-46-43(41)48)44-37-35-33-31-29-27-25-23-20-18-16-14-12-10-8-6-4-2/h39-40H,3-38H2,1-2H3,(H,44,45,46). The maximum Gasteiger partial charge on any atom is 0.165 e. The van der Waals surface area contributed by atoms with Crippen molar-refractivity contribution in [3.63, 3.8) is 0 Å². The molecule has 0 aliphatic heterocycles. The lowest BCUT2D eigenvalue weighted by atomic mass is 10.0. The molecule has 0 saturated carbocycles. The van der Waals surface area contributed by atoms with E-state index in [1.807, 2.05) is 6.33 Å². The normalized spacial score (nSPS) is 11.6. The molecule has 48 heavy (non-hydrogen) atoms. The van der Waals surface area contributed by atoms with Crippen LogP contribution in [-0.4, -0.2) is 26.1 Å². The second-order valence-electron chi connectivity index (χ2n) is 15.1. The van der Waals surface area contributed by atoms with Crippen LogP contribution < -0.4 is 5.32 Å². The van der Waals surface area contributed by atoms with Gasteiger partial charge in [0, 0.05) is 13.1 Å². The molecular weight excluding hydrogens is 587 g/mol. The first kappa shape index (κ1) is 42.5. The first-order valence-corrected chi connectivity index (χ1v) is 21.8. The van der Waals surface area contributed by atoms with Crippen molar-refractivity contribution in [2.24, 2.45) is 0 Å². The molecule has 1 N–H and O–H groups in total. The van der Waals surface area contributed by atoms with Crippen molar-refractivity contribution in [1.82, 2.24) is 19.5 Å². The predicted octanol–water partition coefficient (Wildman–Crippen LogP) is 14.5. The highest BCUT2D eigenvalue weighted by molar-refractivity contribution is 5.82. The van der Waals surface area contributed by atoms with Crippen molar-refractivity contribution in [3.05, 3.63) is 12.7 Å². The molecule has 0 unspecified atom stereocenters. The van der Waals surface area contributed by atoms with Crippen LogP contribution in [0.15, 0.2) is 12.7 Å². The highest BCUT2D eigenvalue weighted by atomic mass is 15.1. The van der Waals surface area contributed by atoms with Crippen LogP contribution in [0.4, 0.5) is 5.82 Å². The molecule has 0 aliphatic carbocycles. The van der Waals surface area contributed by atoms with Crippen LogP contribution >= 0.6 is 0 Å². The fourth-order valence-electron chi connectivity index (χ4n) is 7.24. The fourth-order valence-corrected chi connectivity index (χ4v) is 7.24. The van der Waals surface area contributed by atoms with Crippen molar-refractivity contribution < 1.29 is 0 Å². The van der Waals surface area contributed by atoms with E-state index in [4.69, 9.17) is 0 Å². The van der Waals surface area contributed by atoms with Crippen LogP contribution in [-0.2, 0) is 6.54 Å². The maximum atomic E-state index is 4.69. The summed E-state index contributed by atoms with van der Waals surface area (Å²) in [6.45, 7) is 6.57. The Morgan fingerprint density at radius 2 is 0.771 bits per heavy atom. The Kier molecular flexibility index (Phi) is 28.8. The summed E-state index contributed by atoms with van der Waals surface area (Å²) in [4.78, 5) is 13.8. The maximum absolute atomic E-state index is 4.69. The van der Waals surface area contributed by atoms with E-state index in [9.17, 15) is 0 Å². The molecule has 0 fully saturated rings.